The van der Waals surface area contributed by atoms with E-state index in [9.17, 15) is 4.79 Å². The fourth-order valence-electron chi connectivity index (χ4n) is 3.21. The Morgan fingerprint density at radius 2 is 2.05 bits per heavy atom. The second-order valence-corrected chi connectivity index (χ2v) is 5.86. The van der Waals surface area contributed by atoms with Gasteiger partial charge >= 0.3 is 0 Å². The van der Waals surface area contributed by atoms with Crippen LogP contribution in [0.5, 0.6) is 0 Å². The van der Waals surface area contributed by atoms with E-state index in [-0.39, 0.29) is 11.8 Å². The van der Waals surface area contributed by atoms with E-state index in [1.54, 1.807) is 6.21 Å². The summed E-state index contributed by atoms with van der Waals surface area (Å²) in [7, 11) is 0. The molecule has 2 aliphatic carbocycles. The molecule has 1 aromatic carbocycles. The molecule has 0 bridgehead atoms. The topological polar surface area (TPSA) is 41.5 Å². The Kier molecular flexibility index (Phi) is 3.56. The number of benzene rings is 1. The molecule has 0 spiro atoms. The second-order valence-electron chi connectivity index (χ2n) is 5.43. The Hall–Kier alpha value is -1.35. The first-order valence-corrected chi connectivity index (χ1v) is 7.22. The molecule has 2 atom stereocenters. The second kappa shape index (κ2) is 5.33. The smallest absolute Gasteiger partial charge is 0.243 e. The monoisotopic (exact) mass is 276 g/mol. The van der Waals surface area contributed by atoms with E-state index in [4.69, 9.17) is 11.6 Å². The summed E-state index contributed by atoms with van der Waals surface area (Å²) in [5.41, 5.74) is 3.55. The minimum absolute atomic E-state index is 0.0789. The maximum atomic E-state index is 12.0. The van der Waals surface area contributed by atoms with Crippen LogP contribution in [0.4, 0.5) is 0 Å². The maximum absolute atomic E-state index is 12.0. The van der Waals surface area contributed by atoms with Crippen molar-refractivity contribution in [1.82, 2.24) is 5.43 Å². The SMILES string of the molecule is O=C(N/N=C/c1cccc(Cl)c1)C1[C@H]2CCCC[C@H]12. The zero-order chi connectivity index (χ0) is 13.2. The van der Waals surface area contributed by atoms with E-state index < -0.39 is 0 Å². The zero-order valence-corrected chi connectivity index (χ0v) is 11.4. The van der Waals surface area contributed by atoms with Gasteiger partial charge in [-0.1, -0.05) is 36.6 Å². The molecule has 19 heavy (non-hydrogen) atoms. The van der Waals surface area contributed by atoms with Gasteiger partial charge in [-0.25, -0.2) is 5.43 Å². The lowest BCUT2D eigenvalue weighted by Crippen LogP contribution is -2.20. The van der Waals surface area contributed by atoms with Gasteiger partial charge in [0.05, 0.1) is 6.21 Å². The van der Waals surface area contributed by atoms with Gasteiger partial charge < -0.3 is 0 Å². The third-order valence-electron chi connectivity index (χ3n) is 4.20. The molecule has 0 saturated heterocycles. The fourth-order valence-corrected chi connectivity index (χ4v) is 3.41. The van der Waals surface area contributed by atoms with Gasteiger partial charge in [0.15, 0.2) is 0 Å². The molecule has 1 aromatic rings. The number of hydrazone groups is 1. The van der Waals surface area contributed by atoms with E-state index >= 15 is 0 Å². The molecule has 1 N–H and O–H groups in total. The largest absolute Gasteiger partial charge is 0.273 e. The molecule has 0 heterocycles. The molecule has 0 unspecified atom stereocenters. The highest BCUT2D eigenvalue weighted by atomic mass is 35.5. The number of carbonyl (C=O) groups is 1. The number of rotatable bonds is 3. The number of carbonyl (C=O) groups excluding carboxylic acids is 1. The van der Waals surface area contributed by atoms with Crippen LogP contribution in [0.3, 0.4) is 0 Å². The Balaban J connectivity index is 1.54. The van der Waals surface area contributed by atoms with Gasteiger partial charge in [0.25, 0.3) is 0 Å². The lowest BCUT2D eigenvalue weighted by molar-refractivity contribution is -0.122. The van der Waals surface area contributed by atoms with Crippen LogP contribution in [0.25, 0.3) is 0 Å². The third-order valence-corrected chi connectivity index (χ3v) is 4.43. The minimum atomic E-state index is 0.0789. The van der Waals surface area contributed by atoms with Crippen molar-refractivity contribution in [3.8, 4) is 0 Å². The van der Waals surface area contributed by atoms with Crippen molar-refractivity contribution < 1.29 is 4.79 Å². The molecule has 0 aromatic heterocycles. The van der Waals surface area contributed by atoms with Gasteiger partial charge in [0, 0.05) is 10.9 Å². The highest BCUT2D eigenvalue weighted by Crippen LogP contribution is 2.55. The lowest BCUT2D eigenvalue weighted by atomic mass is 10.0. The lowest BCUT2D eigenvalue weighted by Gasteiger charge is -2.04. The molecule has 3 nitrogen and oxygen atoms in total. The molecular formula is C15H17ClN2O. The average molecular weight is 277 g/mol. The van der Waals surface area contributed by atoms with Gasteiger partial charge in [0.1, 0.15) is 0 Å². The van der Waals surface area contributed by atoms with Gasteiger partial charge in [0.2, 0.25) is 5.91 Å². The van der Waals surface area contributed by atoms with Gasteiger partial charge in [-0.2, -0.15) is 5.10 Å². The van der Waals surface area contributed by atoms with E-state index in [1.807, 2.05) is 24.3 Å². The standard InChI is InChI=1S/C15H17ClN2O/c16-11-5-3-4-10(8-11)9-17-18-15(19)14-12-6-1-2-7-13(12)14/h3-5,8-9,12-14H,1-2,6-7H2,(H,18,19)/b17-9+/t12-,13-/m0/s1. The van der Waals surface area contributed by atoms with E-state index in [0.717, 1.165) is 5.56 Å². The Morgan fingerprint density at radius 3 is 2.74 bits per heavy atom. The van der Waals surface area contributed by atoms with Crippen LogP contribution in [0.15, 0.2) is 29.4 Å². The number of nitrogens with zero attached hydrogens (tertiary/aromatic N) is 1. The molecule has 2 fully saturated rings. The number of nitrogens with one attached hydrogen (secondary N) is 1. The molecule has 3 rings (SSSR count). The van der Waals surface area contributed by atoms with Crippen LogP contribution >= 0.6 is 11.6 Å². The van der Waals surface area contributed by atoms with Crippen LogP contribution in [0, 0.1) is 17.8 Å². The Bertz CT molecular complexity index is 503. The first kappa shape index (κ1) is 12.7. The molecule has 100 valence electrons. The summed E-state index contributed by atoms with van der Waals surface area (Å²) in [6.07, 6.45) is 6.60. The molecule has 0 aliphatic heterocycles. The van der Waals surface area contributed by atoms with Crippen LogP contribution in [0.2, 0.25) is 5.02 Å². The molecule has 2 saturated carbocycles. The summed E-state index contributed by atoms with van der Waals surface area (Å²) >= 11 is 5.88. The van der Waals surface area contributed by atoms with Crippen molar-refractivity contribution in [2.75, 3.05) is 0 Å². The highest BCUT2D eigenvalue weighted by Gasteiger charge is 2.54. The number of hydrogen-bond acceptors (Lipinski definition) is 2. The van der Waals surface area contributed by atoms with Crippen molar-refractivity contribution in [3.63, 3.8) is 0 Å². The van der Waals surface area contributed by atoms with Gasteiger partial charge in [-0.3, -0.25) is 4.79 Å². The summed E-state index contributed by atoms with van der Waals surface area (Å²) in [4.78, 5) is 12.0. The summed E-state index contributed by atoms with van der Waals surface area (Å²) in [5, 5.41) is 4.69. The fraction of sp³-hybridized carbons (Fsp3) is 0.467. The number of fused-ring (bicyclic) bond motifs is 1. The highest BCUT2D eigenvalue weighted by molar-refractivity contribution is 6.30. The summed E-state index contributed by atoms with van der Waals surface area (Å²) in [5.74, 6) is 1.53. The van der Waals surface area contributed by atoms with Crippen molar-refractivity contribution in [2.24, 2.45) is 22.9 Å². The Labute approximate surface area is 118 Å². The normalized spacial score (nSPS) is 29.0. The average Bonchev–Trinajstić information content (AvgIpc) is 3.13. The predicted octanol–water partition coefficient (Wildman–Crippen LogP) is 3.23. The first-order valence-electron chi connectivity index (χ1n) is 6.84. The number of amides is 1. The third kappa shape index (κ3) is 2.81. The van der Waals surface area contributed by atoms with Crippen molar-refractivity contribution in [2.45, 2.75) is 25.7 Å². The summed E-state index contributed by atoms with van der Waals surface area (Å²) < 4.78 is 0. The van der Waals surface area contributed by atoms with Gasteiger partial charge in [-0.05, 0) is 42.4 Å². The van der Waals surface area contributed by atoms with Crippen molar-refractivity contribution >= 4 is 23.7 Å². The maximum Gasteiger partial charge on any atom is 0.243 e. The molecule has 1 amide bonds. The van der Waals surface area contributed by atoms with Crippen LogP contribution in [-0.2, 0) is 4.79 Å². The van der Waals surface area contributed by atoms with Crippen LogP contribution in [-0.4, -0.2) is 12.1 Å². The molecule has 0 radical (unpaired) electrons. The molecule has 4 heteroatoms. The zero-order valence-electron chi connectivity index (χ0n) is 10.7. The number of hydrogen-bond donors (Lipinski definition) is 1. The van der Waals surface area contributed by atoms with Gasteiger partial charge in [-0.15, -0.1) is 0 Å². The van der Waals surface area contributed by atoms with Crippen LogP contribution < -0.4 is 5.43 Å². The molecular weight excluding hydrogens is 260 g/mol. The molecule has 2 aliphatic rings. The predicted molar refractivity (Wildman–Crippen MR) is 76.1 cm³/mol. The quantitative estimate of drug-likeness (QED) is 0.668. The van der Waals surface area contributed by atoms with E-state index in [0.29, 0.717) is 16.9 Å². The van der Waals surface area contributed by atoms with Crippen molar-refractivity contribution in [1.29, 1.82) is 0 Å². The summed E-state index contributed by atoms with van der Waals surface area (Å²) in [6.45, 7) is 0. The van der Waals surface area contributed by atoms with E-state index in [1.165, 1.54) is 25.7 Å². The minimum Gasteiger partial charge on any atom is -0.273 e. The number of halogens is 1. The van der Waals surface area contributed by atoms with Crippen molar-refractivity contribution in [3.05, 3.63) is 34.9 Å². The Morgan fingerprint density at radius 1 is 1.32 bits per heavy atom. The van der Waals surface area contributed by atoms with Crippen LogP contribution in [0.1, 0.15) is 31.2 Å². The first-order chi connectivity index (χ1) is 9.25. The van der Waals surface area contributed by atoms with E-state index in [2.05, 4.69) is 10.5 Å². The summed E-state index contributed by atoms with van der Waals surface area (Å²) in [6, 6.07) is 7.39.